The number of aromatic amines is 1. The Balaban J connectivity index is 2.21. The van der Waals surface area contributed by atoms with Gasteiger partial charge in [-0.2, -0.15) is 5.10 Å². The van der Waals surface area contributed by atoms with Gasteiger partial charge in [-0.15, -0.1) is 0 Å². The largest absolute Gasteiger partial charge is 0.497 e. The molecule has 0 saturated carbocycles. The third kappa shape index (κ3) is 4.19. The van der Waals surface area contributed by atoms with E-state index in [1.54, 1.807) is 11.7 Å². The molecule has 1 heterocycles. The molecule has 23 heavy (non-hydrogen) atoms. The highest BCUT2D eigenvalue weighted by Crippen LogP contribution is 2.20. The zero-order chi connectivity index (χ0) is 17.0. The van der Waals surface area contributed by atoms with Crippen LogP contribution in [-0.4, -0.2) is 33.8 Å². The minimum atomic E-state index is -0.0848. The fraction of sp³-hybridized carbons (Fsp3) is 0.438. The van der Waals surface area contributed by atoms with Crippen molar-refractivity contribution in [1.82, 2.24) is 20.1 Å². The molecule has 2 rings (SSSR count). The number of aromatic nitrogens is 3. The van der Waals surface area contributed by atoms with E-state index in [2.05, 4.69) is 29.4 Å². The molecular formula is C16H22N4O2S. The highest BCUT2D eigenvalue weighted by molar-refractivity contribution is 7.71. The molecule has 0 saturated heterocycles. The first kappa shape index (κ1) is 17.2. The molecule has 0 aliphatic carbocycles. The Morgan fingerprint density at radius 1 is 1.35 bits per heavy atom. The van der Waals surface area contributed by atoms with Crippen LogP contribution in [0.4, 0.5) is 0 Å². The SMILES string of the molecule is COc1ccc(-c2n[nH]c(=S)n2CC(=O)NC(C)C(C)C)cc1. The summed E-state index contributed by atoms with van der Waals surface area (Å²) >= 11 is 5.25. The molecular weight excluding hydrogens is 312 g/mol. The third-order valence-corrected chi connectivity index (χ3v) is 4.11. The summed E-state index contributed by atoms with van der Waals surface area (Å²) in [6.07, 6.45) is 0. The number of hydrogen-bond donors (Lipinski definition) is 2. The maximum absolute atomic E-state index is 12.2. The van der Waals surface area contributed by atoms with E-state index < -0.39 is 0 Å². The Morgan fingerprint density at radius 2 is 2.00 bits per heavy atom. The monoisotopic (exact) mass is 334 g/mol. The molecule has 1 aromatic heterocycles. The third-order valence-electron chi connectivity index (χ3n) is 3.80. The Bertz CT molecular complexity index is 718. The molecule has 1 unspecified atom stereocenters. The van der Waals surface area contributed by atoms with Gasteiger partial charge in [0.2, 0.25) is 5.91 Å². The number of methoxy groups -OCH3 is 1. The zero-order valence-electron chi connectivity index (χ0n) is 13.8. The lowest BCUT2D eigenvalue weighted by Gasteiger charge is -2.17. The van der Waals surface area contributed by atoms with Gasteiger partial charge < -0.3 is 10.1 Å². The highest BCUT2D eigenvalue weighted by atomic mass is 32.1. The molecule has 124 valence electrons. The quantitative estimate of drug-likeness (QED) is 0.797. The van der Waals surface area contributed by atoms with E-state index in [4.69, 9.17) is 17.0 Å². The van der Waals surface area contributed by atoms with Gasteiger partial charge in [0.05, 0.1) is 7.11 Å². The molecule has 1 aromatic carbocycles. The number of carbonyl (C=O) groups excluding carboxylic acids is 1. The van der Waals surface area contributed by atoms with Crippen LogP contribution in [0.5, 0.6) is 5.75 Å². The number of benzene rings is 1. The minimum Gasteiger partial charge on any atom is -0.497 e. The topological polar surface area (TPSA) is 71.9 Å². The van der Waals surface area contributed by atoms with Crippen LogP contribution in [0, 0.1) is 10.7 Å². The van der Waals surface area contributed by atoms with Crippen LogP contribution in [0.25, 0.3) is 11.4 Å². The maximum atomic E-state index is 12.2. The van der Waals surface area contributed by atoms with Crippen molar-refractivity contribution in [2.75, 3.05) is 7.11 Å². The smallest absolute Gasteiger partial charge is 0.240 e. The molecule has 1 amide bonds. The van der Waals surface area contributed by atoms with Crippen LogP contribution in [-0.2, 0) is 11.3 Å². The summed E-state index contributed by atoms with van der Waals surface area (Å²) in [6.45, 7) is 6.25. The van der Waals surface area contributed by atoms with Gasteiger partial charge >= 0.3 is 0 Å². The van der Waals surface area contributed by atoms with Crippen LogP contribution < -0.4 is 10.1 Å². The summed E-state index contributed by atoms with van der Waals surface area (Å²) in [7, 11) is 1.62. The first-order valence-corrected chi connectivity index (χ1v) is 7.92. The normalized spacial score (nSPS) is 12.2. The van der Waals surface area contributed by atoms with E-state index in [0.29, 0.717) is 16.5 Å². The van der Waals surface area contributed by atoms with E-state index >= 15 is 0 Å². The second kappa shape index (κ2) is 7.41. The summed E-state index contributed by atoms with van der Waals surface area (Å²) in [5.41, 5.74) is 0.864. The van der Waals surface area contributed by atoms with Crippen molar-refractivity contribution in [3.05, 3.63) is 29.0 Å². The molecule has 0 aliphatic rings. The number of H-pyrrole nitrogens is 1. The molecule has 2 N–H and O–H groups in total. The molecule has 7 heteroatoms. The first-order valence-electron chi connectivity index (χ1n) is 7.51. The molecule has 2 aromatic rings. The summed E-state index contributed by atoms with van der Waals surface area (Å²) in [5.74, 6) is 1.68. The van der Waals surface area contributed by atoms with Gasteiger partial charge in [-0.25, -0.2) is 0 Å². The maximum Gasteiger partial charge on any atom is 0.240 e. The van der Waals surface area contributed by atoms with Gasteiger partial charge in [-0.05, 0) is 49.3 Å². The van der Waals surface area contributed by atoms with Crippen LogP contribution in [0.2, 0.25) is 0 Å². The average Bonchev–Trinajstić information content (AvgIpc) is 2.88. The number of nitrogens with one attached hydrogen (secondary N) is 2. The fourth-order valence-electron chi connectivity index (χ4n) is 2.03. The molecule has 1 atom stereocenters. The Labute approximate surface area is 140 Å². The van der Waals surface area contributed by atoms with Crippen LogP contribution >= 0.6 is 12.2 Å². The van der Waals surface area contributed by atoms with Crippen molar-refractivity contribution in [2.24, 2.45) is 5.92 Å². The lowest BCUT2D eigenvalue weighted by Crippen LogP contribution is -2.38. The number of carbonyl (C=O) groups is 1. The van der Waals surface area contributed by atoms with Crippen molar-refractivity contribution in [3.8, 4) is 17.1 Å². The van der Waals surface area contributed by atoms with Gasteiger partial charge in [0, 0.05) is 11.6 Å². The van der Waals surface area contributed by atoms with Crippen LogP contribution in [0.3, 0.4) is 0 Å². The summed E-state index contributed by atoms with van der Waals surface area (Å²) in [4.78, 5) is 12.2. The summed E-state index contributed by atoms with van der Waals surface area (Å²) in [5, 5.41) is 9.96. The molecule has 0 bridgehead atoms. The number of ether oxygens (including phenoxy) is 1. The molecule has 0 spiro atoms. The van der Waals surface area contributed by atoms with Gasteiger partial charge in [0.25, 0.3) is 0 Å². The number of amides is 1. The lowest BCUT2D eigenvalue weighted by atomic mass is 10.1. The average molecular weight is 334 g/mol. The zero-order valence-corrected chi connectivity index (χ0v) is 14.6. The van der Waals surface area contributed by atoms with Crippen LogP contribution in [0.1, 0.15) is 20.8 Å². The minimum absolute atomic E-state index is 0.0848. The molecule has 0 fully saturated rings. The number of hydrogen-bond acceptors (Lipinski definition) is 4. The molecule has 0 aliphatic heterocycles. The second-order valence-electron chi connectivity index (χ2n) is 5.77. The Kier molecular flexibility index (Phi) is 5.54. The predicted octanol–water partition coefficient (Wildman–Crippen LogP) is 2.78. The standard InChI is InChI=1S/C16H22N4O2S/c1-10(2)11(3)17-14(21)9-20-15(18-19-16(20)23)12-5-7-13(22-4)8-6-12/h5-8,10-11H,9H2,1-4H3,(H,17,21)(H,19,23). The summed E-state index contributed by atoms with van der Waals surface area (Å²) < 4.78 is 7.27. The Hall–Kier alpha value is -2.15. The van der Waals surface area contributed by atoms with Crippen molar-refractivity contribution < 1.29 is 9.53 Å². The number of rotatable bonds is 6. The van der Waals surface area contributed by atoms with Gasteiger partial charge in [0.15, 0.2) is 10.6 Å². The van der Waals surface area contributed by atoms with Crippen molar-refractivity contribution in [2.45, 2.75) is 33.4 Å². The van der Waals surface area contributed by atoms with Crippen molar-refractivity contribution in [3.63, 3.8) is 0 Å². The van der Waals surface area contributed by atoms with E-state index in [0.717, 1.165) is 11.3 Å². The molecule has 0 radical (unpaired) electrons. The highest BCUT2D eigenvalue weighted by Gasteiger charge is 2.15. The summed E-state index contributed by atoms with van der Waals surface area (Å²) in [6, 6.07) is 7.56. The second-order valence-corrected chi connectivity index (χ2v) is 6.15. The fourth-order valence-corrected chi connectivity index (χ4v) is 2.23. The van der Waals surface area contributed by atoms with E-state index in [-0.39, 0.29) is 18.5 Å². The van der Waals surface area contributed by atoms with E-state index in [1.807, 2.05) is 31.2 Å². The van der Waals surface area contributed by atoms with Crippen LogP contribution in [0.15, 0.2) is 24.3 Å². The van der Waals surface area contributed by atoms with Crippen molar-refractivity contribution >= 4 is 18.1 Å². The number of nitrogens with zero attached hydrogens (tertiary/aromatic N) is 2. The van der Waals surface area contributed by atoms with E-state index in [9.17, 15) is 4.79 Å². The first-order chi connectivity index (χ1) is 10.9. The van der Waals surface area contributed by atoms with Gasteiger partial charge in [-0.3, -0.25) is 14.5 Å². The van der Waals surface area contributed by atoms with Gasteiger partial charge in [0.1, 0.15) is 12.3 Å². The molecule has 6 nitrogen and oxygen atoms in total. The lowest BCUT2D eigenvalue weighted by molar-refractivity contribution is -0.122. The van der Waals surface area contributed by atoms with E-state index in [1.165, 1.54) is 0 Å². The Morgan fingerprint density at radius 3 is 2.57 bits per heavy atom. The van der Waals surface area contributed by atoms with Crippen molar-refractivity contribution in [1.29, 1.82) is 0 Å². The van der Waals surface area contributed by atoms with Gasteiger partial charge in [-0.1, -0.05) is 13.8 Å². The predicted molar refractivity (Wildman–Crippen MR) is 91.8 cm³/mol.